The first kappa shape index (κ1) is 11.3. The van der Waals surface area contributed by atoms with Crippen molar-refractivity contribution < 1.29 is 19.1 Å². The van der Waals surface area contributed by atoms with Gasteiger partial charge in [0.05, 0.1) is 5.56 Å². The molecule has 1 aromatic heterocycles. The molecule has 15 heavy (non-hydrogen) atoms. The second-order valence-electron chi connectivity index (χ2n) is 3.23. The SMILES string of the molecule is CCCN(C)C(=O)c1cc(C(=O)O)co1. The maximum atomic E-state index is 11.6. The zero-order valence-electron chi connectivity index (χ0n) is 8.69. The summed E-state index contributed by atoms with van der Waals surface area (Å²) in [5.74, 6) is -1.34. The van der Waals surface area contributed by atoms with Crippen molar-refractivity contribution in [1.82, 2.24) is 4.90 Å². The number of carbonyl (C=O) groups is 2. The molecule has 5 nitrogen and oxygen atoms in total. The molecule has 0 aliphatic rings. The van der Waals surface area contributed by atoms with E-state index in [1.807, 2.05) is 6.92 Å². The number of carboxylic acids is 1. The normalized spacial score (nSPS) is 10.0. The van der Waals surface area contributed by atoms with Gasteiger partial charge < -0.3 is 14.4 Å². The number of nitrogens with zero attached hydrogens (tertiary/aromatic N) is 1. The first-order valence-electron chi connectivity index (χ1n) is 4.63. The second-order valence-corrected chi connectivity index (χ2v) is 3.23. The number of carbonyl (C=O) groups excluding carboxylic acids is 1. The molecule has 0 bridgehead atoms. The minimum atomic E-state index is -1.10. The molecular weight excluding hydrogens is 198 g/mol. The van der Waals surface area contributed by atoms with Gasteiger partial charge in [-0.3, -0.25) is 4.79 Å². The minimum Gasteiger partial charge on any atom is -0.478 e. The van der Waals surface area contributed by atoms with E-state index >= 15 is 0 Å². The summed E-state index contributed by atoms with van der Waals surface area (Å²) < 4.78 is 4.88. The van der Waals surface area contributed by atoms with Crippen LogP contribution in [0.4, 0.5) is 0 Å². The number of carboxylic acid groups (broad SMARTS) is 1. The lowest BCUT2D eigenvalue weighted by Gasteiger charge is -2.13. The number of rotatable bonds is 4. The third-order valence-electron chi connectivity index (χ3n) is 1.96. The van der Waals surface area contributed by atoms with Crippen molar-refractivity contribution in [2.75, 3.05) is 13.6 Å². The molecule has 0 aliphatic carbocycles. The van der Waals surface area contributed by atoms with Crippen LogP contribution in [0, 0.1) is 0 Å². The highest BCUT2D eigenvalue weighted by Crippen LogP contribution is 2.10. The molecule has 1 heterocycles. The van der Waals surface area contributed by atoms with E-state index in [9.17, 15) is 9.59 Å². The maximum absolute atomic E-state index is 11.6. The van der Waals surface area contributed by atoms with Gasteiger partial charge >= 0.3 is 5.97 Å². The van der Waals surface area contributed by atoms with Gasteiger partial charge in [0, 0.05) is 19.7 Å². The summed E-state index contributed by atoms with van der Waals surface area (Å²) in [5.41, 5.74) is -0.0109. The summed E-state index contributed by atoms with van der Waals surface area (Å²) in [6.45, 7) is 2.57. The Morgan fingerprint density at radius 1 is 1.53 bits per heavy atom. The van der Waals surface area contributed by atoms with E-state index in [1.165, 1.54) is 11.0 Å². The van der Waals surface area contributed by atoms with Crippen molar-refractivity contribution in [1.29, 1.82) is 0 Å². The highest BCUT2D eigenvalue weighted by atomic mass is 16.4. The van der Waals surface area contributed by atoms with Crippen molar-refractivity contribution in [3.05, 3.63) is 23.7 Å². The molecule has 0 unspecified atom stereocenters. The van der Waals surface area contributed by atoms with Crippen molar-refractivity contribution in [2.45, 2.75) is 13.3 Å². The van der Waals surface area contributed by atoms with E-state index in [4.69, 9.17) is 9.52 Å². The summed E-state index contributed by atoms with van der Waals surface area (Å²) in [4.78, 5) is 23.6. The maximum Gasteiger partial charge on any atom is 0.338 e. The fraction of sp³-hybridized carbons (Fsp3) is 0.400. The smallest absolute Gasteiger partial charge is 0.338 e. The Balaban J connectivity index is 2.78. The van der Waals surface area contributed by atoms with Crippen LogP contribution in [0.25, 0.3) is 0 Å². The Morgan fingerprint density at radius 3 is 2.67 bits per heavy atom. The Hall–Kier alpha value is -1.78. The van der Waals surface area contributed by atoms with Crippen LogP contribution in [-0.2, 0) is 0 Å². The van der Waals surface area contributed by atoms with Crippen LogP contribution in [-0.4, -0.2) is 35.5 Å². The summed E-state index contributed by atoms with van der Waals surface area (Å²) in [7, 11) is 1.65. The second kappa shape index (κ2) is 4.63. The summed E-state index contributed by atoms with van der Waals surface area (Å²) in [5, 5.41) is 8.64. The van der Waals surface area contributed by atoms with Crippen molar-refractivity contribution in [3.8, 4) is 0 Å². The van der Waals surface area contributed by atoms with Gasteiger partial charge in [0.2, 0.25) is 0 Å². The van der Waals surface area contributed by atoms with Gasteiger partial charge in [0.25, 0.3) is 5.91 Å². The van der Waals surface area contributed by atoms with E-state index in [0.717, 1.165) is 12.7 Å². The number of hydrogen-bond acceptors (Lipinski definition) is 3. The lowest BCUT2D eigenvalue weighted by atomic mass is 10.3. The van der Waals surface area contributed by atoms with E-state index in [0.29, 0.717) is 6.54 Å². The Labute approximate surface area is 87.3 Å². The van der Waals surface area contributed by atoms with Crippen LogP contribution in [0.1, 0.15) is 34.3 Å². The van der Waals surface area contributed by atoms with Crippen LogP contribution in [0.3, 0.4) is 0 Å². The van der Waals surface area contributed by atoms with Gasteiger partial charge in [-0.2, -0.15) is 0 Å². The fourth-order valence-corrected chi connectivity index (χ4v) is 1.19. The van der Waals surface area contributed by atoms with Gasteiger partial charge in [-0.15, -0.1) is 0 Å². The predicted molar refractivity (Wildman–Crippen MR) is 52.9 cm³/mol. The number of amides is 1. The minimum absolute atomic E-state index is 0.0109. The highest BCUT2D eigenvalue weighted by molar-refractivity contribution is 5.95. The molecule has 1 N–H and O–H groups in total. The van der Waals surface area contributed by atoms with Gasteiger partial charge in [0.15, 0.2) is 5.76 Å². The quantitative estimate of drug-likeness (QED) is 0.818. The molecule has 1 amide bonds. The standard InChI is InChI=1S/C10H13NO4/c1-3-4-11(2)9(12)8-5-7(6-15-8)10(13)14/h5-6H,3-4H2,1-2H3,(H,13,14). The van der Waals surface area contributed by atoms with Crippen molar-refractivity contribution in [3.63, 3.8) is 0 Å². The largest absolute Gasteiger partial charge is 0.478 e. The molecule has 1 aromatic rings. The van der Waals surface area contributed by atoms with Crippen LogP contribution in [0.2, 0.25) is 0 Å². The van der Waals surface area contributed by atoms with Gasteiger partial charge in [-0.05, 0) is 6.42 Å². The molecule has 0 aliphatic heterocycles. The number of aromatic carboxylic acids is 1. The molecule has 0 spiro atoms. The molecule has 5 heteroatoms. The zero-order valence-corrected chi connectivity index (χ0v) is 8.69. The molecule has 0 fully saturated rings. The highest BCUT2D eigenvalue weighted by Gasteiger charge is 2.17. The van der Waals surface area contributed by atoms with Crippen LogP contribution >= 0.6 is 0 Å². The number of hydrogen-bond donors (Lipinski definition) is 1. The third-order valence-corrected chi connectivity index (χ3v) is 1.96. The molecule has 0 atom stereocenters. The molecule has 0 aromatic carbocycles. The van der Waals surface area contributed by atoms with Gasteiger partial charge in [0.1, 0.15) is 6.26 Å². The zero-order chi connectivity index (χ0) is 11.4. The monoisotopic (exact) mass is 211 g/mol. The fourth-order valence-electron chi connectivity index (χ4n) is 1.19. The molecule has 0 saturated carbocycles. The van der Waals surface area contributed by atoms with E-state index in [1.54, 1.807) is 7.05 Å². The van der Waals surface area contributed by atoms with Crippen LogP contribution in [0.5, 0.6) is 0 Å². The molecule has 82 valence electrons. The third kappa shape index (κ3) is 2.59. The van der Waals surface area contributed by atoms with E-state index in [-0.39, 0.29) is 17.2 Å². The predicted octanol–water partition coefficient (Wildman–Crippen LogP) is 1.46. The Morgan fingerprint density at radius 2 is 2.20 bits per heavy atom. The molecule has 1 rings (SSSR count). The summed E-state index contributed by atoms with van der Waals surface area (Å²) in [6.07, 6.45) is 1.91. The summed E-state index contributed by atoms with van der Waals surface area (Å²) >= 11 is 0. The Bertz CT molecular complexity index is 369. The van der Waals surface area contributed by atoms with Crippen LogP contribution < -0.4 is 0 Å². The lowest BCUT2D eigenvalue weighted by Crippen LogP contribution is -2.26. The molecular formula is C10H13NO4. The van der Waals surface area contributed by atoms with Crippen molar-refractivity contribution >= 4 is 11.9 Å². The van der Waals surface area contributed by atoms with E-state index < -0.39 is 5.97 Å². The number of furan rings is 1. The molecule has 0 radical (unpaired) electrons. The topological polar surface area (TPSA) is 70.8 Å². The van der Waals surface area contributed by atoms with E-state index in [2.05, 4.69) is 0 Å². The average molecular weight is 211 g/mol. The van der Waals surface area contributed by atoms with Crippen molar-refractivity contribution in [2.24, 2.45) is 0 Å². The van der Waals surface area contributed by atoms with Crippen LogP contribution in [0.15, 0.2) is 16.7 Å². The lowest BCUT2D eigenvalue weighted by molar-refractivity contribution is 0.0695. The molecule has 0 saturated heterocycles. The van der Waals surface area contributed by atoms with Gasteiger partial charge in [-0.1, -0.05) is 6.92 Å². The average Bonchev–Trinajstić information content (AvgIpc) is 2.65. The van der Waals surface area contributed by atoms with Gasteiger partial charge in [-0.25, -0.2) is 4.79 Å². The first-order chi connectivity index (χ1) is 7.06. The summed E-state index contributed by atoms with van der Waals surface area (Å²) in [6, 6.07) is 1.23. The first-order valence-corrected chi connectivity index (χ1v) is 4.63. The Kier molecular flexibility index (Phi) is 3.49.